The summed E-state index contributed by atoms with van der Waals surface area (Å²) >= 11 is 0. The van der Waals surface area contributed by atoms with E-state index < -0.39 is 28.4 Å². The standard InChI is InChI=1S/C19H23N3O7S/c1-4-29-16-10-5-13(11-17(16)28-3)19(24)22-21-18(23)12-20-30(25,26)15-8-6-14(27-2)7-9-15/h5-11,20H,4,12H2,1-3H3,(H,21,23)(H,22,24). The van der Waals surface area contributed by atoms with E-state index in [9.17, 15) is 18.0 Å². The molecule has 10 nitrogen and oxygen atoms in total. The highest BCUT2D eigenvalue weighted by Gasteiger charge is 2.16. The topological polar surface area (TPSA) is 132 Å². The zero-order valence-electron chi connectivity index (χ0n) is 16.7. The molecule has 3 N–H and O–H groups in total. The molecule has 162 valence electrons. The predicted octanol–water partition coefficient (Wildman–Crippen LogP) is 0.842. The van der Waals surface area contributed by atoms with E-state index in [1.165, 1.54) is 50.6 Å². The molecule has 0 saturated heterocycles. The Morgan fingerprint density at radius 1 is 0.933 bits per heavy atom. The SMILES string of the molecule is CCOc1ccc(C(=O)NNC(=O)CNS(=O)(=O)c2ccc(OC)cc2)cc1OC. The number of hydrazine groups is 1. The molecule has 0 aliphatic rings. The van der Waals surface area contributed by atoms with Crippen molar-refractivity contribution in [3.63, 3.8) is 0 Å². The molecule has 0 fully saturated rings. The third-order valence-electron chi connectivity index (χ3n) is 3.83. The third kappa shape index (κ3) is 6.09. The smallest absolute Gasteiger partial charge is 0.269 e. The van der Waals surface area contributed by atoms with Gasteiger partial charge in [0.25, 0.3) is 11.8 Å². The van der Waals surface area contributed by atoms with Gasteiger partial charge in [-0.05, 0) is 49.4 Å². The highest BCUT2D eigenvalue weighted by molar-refractivity contribution is 7.89. The number of amides is 2. The third-order valence-corrected chi connectivity index (χ3v) is 5.25. The predicted molar refractivity (Wildman–Crippen MR) is 108 cm³/mol. The van der Waals surface area contributed by atoms with Crippen molar-refractivity contribution in [2.24, 2.45) is 0 Å². The van der Waals surface area contributed by atoms with Crippen LogP contribution in [-0.4, -0.2) is 47.6 Å². The van der Waals surface area contributed by atoms with Crippen molar-refractivity contribution >= 4 is 21.8 Å². The van der Waals surface area contributed by atoms with Crippen molar-refractivity contribution in [3.05, 3.63) is 48.0 Å². The highest BCUT2D eigenvalue weighted by atomic mass is 32.2. The first-order valence-corrected chi connectivity index (χ1v) is 10.3. The van der Waals surface area contributed by atoms with Gasteiger partial charge in [-0.3, -0.25) is 20.4 Å². The number of rotatable bonds is 9. The fraction of sp³-hybridized carbons (Fsp3) is 0.263. The number of nitrogens with one attached hydrogen (secondary N) is 3. The highest BCUT2D eigenvalue weighted by Crippen LogP contribution is 2.27. The van der Waals surface area contributed by atoms with Gasteiger partial charge in [-0.15, -0.1) is 0 Å². The minimum Gasteiger partial charge on any atom is -0.497 e. The van der Waals surface area contributed by atoms with Gasteiger partial charge in [-0.25, -0.2) is 13.1 Å². The van der Waals surface area contributed by atoms with Crippen LogP contribution in [0.1, 0.15) is 17.3 Å². The number of carbonyl (C=O) groups excluding carboxylic acids is 2. The van der Waals surface area contributed by atoms with E-state index in [1.54, 1.807) is 6.07 Å². The van der Waals surface area contributed by atoms with Crippen molar-refractivity contribution in [2.75, 3.05) is 27.4 Å². The summed E-state index contributed by atoms with van der Waals surface area (Å²) < 4.78 is 42.1. The summed E-state index contributed by atoms with van der Waals surface area (Å²) in [5, 5.41) is 0. The average Bonchev–Trinajstić information content (AvgIpc) is 2.76. The normalized spacial score (nSPS) is 10.8. The Balaban J connectivity index is 1.90. The molecule has 0 aliphatic carbocycles. The number of methoxy groups -OCH3 is 2. The van der Waals surface area contributed by atoms with Gasteiger partial charge in [-0.1, -0.05) is 0 Å². The first kappa shape index (κ1) is 23.0. The van der Waals surface area contributed by atoms with E-state index in [4.69, 9.17) is 14.2 Å². The zero-order valence-corrected chi connectivity index (χ0v) is 17.5. The molecule has 2 rings (SSSR count). The molecular formula is C19H23N3O7S. The van der Waals surface area contributed by atoms with E-state index in [2.05, 4.69) is 15.6 Å². The number of benzene rings is 2. The molecule has 0 radical (unpaired) electrons. The largest absolute Gasteiger partial charge is 0.497 e. The van der Waals surface area contributed by atoms with Crippen LogP contribution < -0.4 is 29.8 Å². The summed E-state index contributed by atoms with van der Waals surface area (Å²) in [6, 6.07) is 10.2. The van der Waals surface area contributed by atoms with Crippen LogP contribution in [0.2, 0.25) is 0 Å². The van der Waals surface area contributed by atoms with Crippen molar-refractivity contribution in [3.8, 4) is 17.2 Å². The van der Waals surface area contributed by atoms with E-state index in [-0.39, 0.29) is 10.5 Å². The van der Waals surface area contributed by atoms with Crippen LogP contribution in [0.25, 0.3) is 0 Å². The van der Waals surface area contributed by atoms with Gasteiger partial charge >= 0.3 is 0 Å². The summed E-state index contributed by atoms with van der Waals surface area (Å²) in [6.45, 7) is 1.68. The number of ether oxygens (including phenoxy) is 3. The van der Waals surface area contributed by atoms with Gasteiger partial charge in [0.15, 0.2) is 11.5 Å². The van der Waals surface area contributed by atoms with E-state index in [0.29, 0.717) is 23.9 Å². The minimum absolute atomic E-state index is 0.0263. The Morgan fingerprint density at radius 3 is 2.23 bits per heavy atom. The molecule has 0 aromatic heterocycles. The van der Waals surface area contributed by atoms with Gasteiger partial charge in [0, 0.05) is 5.56 Å². The monoisotopic (exact) mass is 437 g/mol. The molecule has 2 amide bonds. The summed E-state index contributed by atoms with van der Waals surface area (Å²) in [5.41, 5.74) is 4.57. The number of sulfonamides is 1. The molecule has 0 aliphatic heterocycles. The number of hydrogen-bond acceptors (Lipinski definition) is 7. The zero-order chi connectivity index (χ0) is 22.1. The summed E-state index contributed by atoms with van der Waals surface area (Å²) in [4.78, 5) is 24.1. The molecule has 0 unspecified atom stereocenters. The average molecular weight is 437 g/mol. The van der Waals surface area contributed by atoms with Gasteiger partial charge in [-0.2, -0.15) is 0 Å². The quantitative estimate of drug-likeness (QED) is 0.495. The first-order valence-electron chi connectivity index (χ1n) is 8.84. The molecule has 2 aromatic carbocycles. The van der Waals surface area contributed by atoms with Crippen molar-refractivity contribution in [2.45, 2.75) is 11.8 Å². The maximum absolute atomic E-state index is 12.2. The second-order valence-electron chi connectivity index (χ2n) is 5.80. The Hall–Kier alpha value is -3.31. The lowest BCUT2D eigenvalue weighted by Gasteiger charge is -2.12. The van der Waals surface area contributed by atoms with Crippen LogP contribution in [0.15, 0.2) is 47.4 Å². The number of carbonyl (C=O) groups is 2. The first-order chi connectivity index (χ1) is 14.3. The molecule has 0 spiro atoms. The Labute approximate surface area is 174 Å². The molecular weight excluding hydrogens is 414 g/mol. The van der Waals surface area contributed by atoms with Crippen LogP contribution in [0, 0.1) is 0 Å². The van der Waals surface area contributed by atoms with Crippen LogP contribution in [0.4, 0.5) is 0 Å². The minimum atomic E-state index is -3.90. The lowest BCUT2D eigenvalue weighted by Crippen LogP contribution is -2.46. The summed E-state index contributed by atoms with van der Waals surface area (Å²) in [7, 11) is -0.997. The van der Waals surface area contributed by atoms with E-state index >= 15 is 0 Å². The van der Waals surface area contributed by atoms with Gasteiger partial charge in [0.2, 0.25) is 10.0 Å². The van der Waals surface area contributed by atoms with Gasteiger partial charge in [0.05, 0.1) is 32.3 Å². The van der Waals surface area contributed by atoms with Crippen LogP contribution in [-0.2, 0) is 14.8 Å². The second-order valence-corrected chi connectivity index (χ2v) is 7.57. The van der Waals surface area contributed by atoms with Crippen molar-refractivity contribution < 1.29 is 32.2 Å². The Morgan fingerprint density at radius 2 is 1.63 bits per heavy atom. The maximum Gasteiger partial charge on any atom is 0.269 e. The lowest BCUT2D eigenvalue weighted by atomic mass is 10.2. The maximum atomic E-state index is 12.2. The molecule has 11 heteroatoms. The van der Waals surface area contributed by atoms with E-state index in [1.807, 2.05) is 6.92 Å². The second kappa shape index (κ2) is 10.5. The fourth-order valence-electron chi connectivity index (χ4n) is 2.33. The van der Waals surface area contributed by atoms with Crippen LogP contribution in [0.5, 0.6) is 17.2 Å². The van der Waals surface area contributed by atoms with Crippen molar-refractivity contribution in [1.29, 1.82) is 0 Å². The van der Waals surface area contributed by atoms with Crippen LogP contribution in [0.3, 0.4) is 0 Å². The van der Waals surface area contributed by atoms with Gasteiger partial charge in [0.1, 0.15) is 5.75 Å². The molecule has 0 heterocycles. The summed E-state index contributed by atoms with van der Waals surface area (Å²) in [5.74, 6) is -0.0158. The van der Waals surface area contributed by atoms with Crippen molar-refractivity contribution in [1.82, 2.24) is 15.6 Å². The Bertz CT molecular complexity index is 992. The van der Waals surface area contributed by atoms with Gasteiger partial charge < -0.3 is 14.2 Å². The molecule has 30 heavy (non-hydrogen) atoms. The summed E-state index contributed by atoms with van der Waals surface area (Å²) in [6.07, 6.45) is 0. The Kier molecular flexibility index (Phi) is 8.01. The molecule has 0 saturated carbocycles. The van der Waals surface area contributed by atoms with E-state index in [0.717, 1.165) is 0 Å². The number of hydrogen-bond donors (Lipinski definition) is 3. The van der Waals surface area contributed by atoms with Crippen LogP contribution >= 0.6 is 0 Å². The lowest BCUT2D eigenvalue weighted by molar-refractivity contribution is -0.120. The molecule has 0 bridgehead atoms. The molecule has 2 aromatic rings. The fourth-order valence-corrected chi connectivity index (χ4v) is 3.31. The molecule has 0 atom stereocenters.